The van der Waals surface area contributed by atoms with Crippen LogP contribution in [0.4, 0.5) is 4.79 Å². The lowest BCUT2D eigenvalue weighted by Crippen LogP contribution is -2.76. The van der Waals surface area contributed by atoms with E-state index < -0.39 is 0 Å². The van der Waals surface area contributed by atoms with Crippen molar-refractivity contribution in [3.05, 3.63) is 34.2 Å². The van der Waals surface area contributed by atoms with E-state index in [9.17, 15) is 14.4 Å². The summed E-state index contributed by atoms with van der Waals surface area (Å²) in [4.78, 5) is 44.4. The van der Waals surface area contributed by atoms with Gasteiger partial charge in [-0.15, -0.1) is 0 Å². The summed E-state index contributed by atoms with van der Waals surface area (Å²) in [6.45, 7) is 5.41. The van der Waals surface area contributed by atoms with Crippen molar-refractivity contribution in [2.24, 2.45) is 5.41 Å². The lowest BCUT2D eigenvalue weighted by Gasteiger charge is -2.61. The second-order valence-corrected chi connectivity index (χ2v) is 8.49. The molecule has 8 heteroatoms. The van der Waals surface area contributed by atoms with Crippen molar-refractivity contribution in [3.63, 3.8) is 0 Å². The molecule has 1 aromatic heterocycles. The number of nitrogens with zero attached hydrogens (tertiary/aromatic N) is 3. The van der Waals surface area contributed by atoms with Gasteiger partial charge in [0.25, 0.3) is 5.56 Å². The van der Waals surface area contributed by atoms with Gasteiger partial charge in [0.2, 0.25) is 5.91 Å². The van der Waals surface area contributed by atoms with Crippen LogP contribution in [0.5, 0.6) is 0 Å². The van der Waals surface area contributed by atoms with Gasteiger partial charge >= 0.3 is 6.03 Å². The molecule has 0 aliphatic carbocycles. The number of aromatic nitrogens is 1. The normalized spacial score (nSPS) is 25.6. The van der Waals surface area contributed by atoms with E-state index in [0.29, 0.717) is 26.1 Å². The topological polar surface area (TPSA) is 88.8 Å². The summed E-state index contributed by atoms with van der Waals surface area (Å²) in [5.41, 5.74) is 0.829. The summed E-state index contributed by atoms with van der Waals surface area (Å²) in [5, 5.41) is 3.01. The maximum atomic E-state index is 12.6. The SMILES string of the molecule is O=C1CCC2(CN(C(=O)N3CC4(CN(Cc5ccc[nH]c5=O)C4)C3)C2)N1. The van der Waals surface area contributed by atoms with Crippen LogP contribution in [0, 0.1) is 5.41 Å². The molecule has 138 valence electrons. The number of hydrogen-bond acceptors (Lipinski definition) is 4. The monoisotopic (exact) mass is 357 g/mol. The van der Waals surface area contributed by atoms with Crippen LogP contribution in [-0.4, -0.2) is 76.4 Å². The minimum absolute atomic E-state index is 0.0235. The van der Waals surface area contributed by atoms with Crippen LogP contribution in [0.3, 0.4) is 0 Å². The molecule has 1 aromatic rings. The van der Waals surface area contributed by atoms with Gasteiger partial charge in [-0.25, -0.2) is 4.79 Å². The van der Waals surface area contributed by atoms with Gasteiger partial charge in [0.05, 0.1) is 5.54 Å². The molecule has 0 bridgehead atoms. The molecule has 5 rings (SSSR count). The quantitative estimate of drug-likeness (QED) is 0.752. The third kappa shape index (κ3) is 2.43. The second kappa shape index (κ2) is 5.33. The number of pyridine rings is 1. The van der Waals surface area contributed by atoms with Gasteiger partial charge in [-0.05, 0) is 12.5 Å². The minimum atomic E-state index is -0.148. The molecule has 5 heterocycles. The van der Waals surface area contributed by atoms with Crippen LogP contribution >= 0.6 is 0 Å². The van der Waals surface area contributed by atoms with Crippen molar-refractivity contribution < 1.29 is 9.59 Å². The van der Waals surface area contributed by atoms with Crippen molar-refractivity contribution in [3.8, 4) is 0 Å². The largest absolute Gasteiger partial charge is 0.347 e. The zero-order valence-corrected chi connectivity index (χ0v) is 14.7. The number of hydrogen-bond donors (Lipinski definition) is 2. The van der Waals surface area contributed by atoms with Crippen molar-refractivity contribution in [2.75, 3.05) is 39.3 Å². The third-order valence-corrected chi connectivity index (χ3v) is 6.23. The highest BCUT2D eigenvalue weighted by Crippen LogP contribution is 2.41. The molecule has 0 saturated carbocycles. The van der Waals surface area contributed by atoms with Crippen molar-refractivity contribution in [1.29, 1.82) is 0 Å². The first-order valence-electron chi connectivity index (χ1n) is 9.20. The van der Waals surface area contributed by atoms with E-state index in [1.54, 1.807) is 6.20 Å². The van der Waals surface area contributed by atoms with Gasteiger partial charge in [0.15, 0.2) is 0 Å². The Balaban J connectivity index is 1.09. The first-order chi connectivity index (χ1) is 12.5. The summed E-state index contributed by atoms with van der Waals surface area (Å²) in [6.07, 6.45) is 3.07. The first-order valence-corrected chi connectivity index (χ1v) is 9.20. The fraction of sp³-hybridized carbons (Fsp3) is 0.611. The molecule has 0 unspecified atom stereocenters. The molecule has 4 fully saturated rings. The highest BCUT2D eigenvalue weighted by Gasteiger charge is 2.56. The van der Waals surface area contributed by atoms with E-state index in [0.717, 1.165) is 38.2 Å². The van der Waals surface area contributed by atoms with Gasteiger partial charge in [-0.2, -0.15) is 0 Å². The lowest BCUT2D eigenvalue weighted by atomic mass is 9.72. The molecule has 0 radical (unpaired) electrons. The third-order valence-electron chi connectivity index (χ3n) is 6.23. The Morgan fingerprint density at radius 1 is 1.08 bits per heavy atom. The predicted molar refractivity (Wildman–Crippen MR) is 93.4 cm³/mol. The summed E-state index contributed by atoms with van der Waals surface area (Å²) < 4.78 is 0. The van der Waals surface area contributed by atoms with E-state index in [4.69, 9.17) is 0 Å². The Morgan fingerprint density at radius 2 is 1.81 bits per heavy atom. The van der Waals surface area contributed by atoms with E-state index in [1.807, 2.05) is 21.9 Å². The average Bonchev–Trinajstić information content (AvgIpc) is 2.90. The summed E-state index contributed by atoms with van der Waals surface area (Å²) >= 11 is 0. The molecule has 4 aliphatic heterocycles. The number of amides is 3. The number of H-pyrrole nitrogens is 1. The molecule has 4 aliphatic rings. The Kier molecular flexibility index (Phi) is 3.25. The van der Waals surface area contributed by atoms with Crippen LogP contribution in [0.15, 0.2) is 23.1 Å². The number of carbonyl (C=O) groups is 2. The lowest BCUT2D eigenvalue weighted by molar-refractivity contribution is -0.121. The highest BCUT2D eigenvalue weighted by atomic mass is 16.2. The number of aromatic amines is 1. The van der Waals surface area contributed by atoms with Gasteiger partial charge in [-0.1, -0.05) is 6.07 Å². The van der Waals surface area contributed by atoms with Crippen LogP contribution in [0.2, 0.25) is 0 Å². The van der Waals surface area contributed by atoms with Gasteiger partial charge < -0.3 is 20.1 Å². The van der Waals surface area contributed by atoms with Crippen LogP contribution < -0.4 is 10.9 Å². The predicted octanol–water partition coefficient (Wildman–Crippen LogP) is -0.423. The van der Waals surface area contributed by atoms with Crippen LogP contribution in [0.1, 0.15) is 18.4 Å². The Hall–Kier alpha value is -2.35. The van der Waals surface area contributed by atoms with Crippen LogP contribution in [0.25, 0.3) is 0 Å². The Labute approximate surface area is 151 Å². The van der Waals surface area contributed by atoms with Gasteiger partial charge in [0, 0.05) is 69.4 Å². The molecule has 0 aromatic carbocycles. The maximum Gasteiger partial charge on any atom is 0.320 e. The van der Waals surface area contributed by atoms with E-state index in [2.05, 4.69) is 15.2 Å². The van der Waals surface area contributed by atoms with Gasteiger partial charge in [0.1, 0.15) is 0 Å². The standard InChI is InChI=1S/C18H23N5O3/c24-14-3-4-18(20-14)11-23(12-18)16(26)22-9-17(10-22)7-21(8-17)6-13-2-1-5-19-15(13)25/h1-2,5H,3-4,6-12H2,(H,19,25)(H,20,24). The van der Waals surface area contributed by atoms with Crippen molar-refractivity contribution in [1.82, 2.24) is 25.0 Å². The zero-order chi connectivity index (χ0) is 17.9. The zero-order valence-electron chi connectivity index (χ0n) is 14.7. The molecular formula is C18H23N5O3. The molecule has 2 N–H and O–H groups in total. The summed E-state index contributed by atoms with van der Waals surface area (Å²) in [6, 6.07) is 3.81. The second-order valence-electron chi connectivity index (χ2n) is 8.49. The number of likely N-dealkylation sites (tertiary alicyclic amines) is 3. The average molecular weight is 357 g/mol. The number of urea groups is 1. The summed E-state index contributed by atoms with van der Waals surface area (Å²) in [5.74, 6) is 0.104. The Morgan fingerprint density at radius 3 is 2.46 bits per heavy atom. The molecular weight excluding hydrogens is 334 g/mol. The number of carbonyl (C=O) groups excluding carboxylic acids is 2. The molecule has 2 spiro atoms. The molecule has 4 saturated heterocycles. The smallest absolute Gasteiger partial charge is 0.320 e. The van der Waals surface area contributed by atoms with Crippen LogP contribution in [-0.2, 0) is 11.3 Å². The molecule has 8 nitrogen and oxygen atoms in total. The number of nitrogens with one attached hydrogen (secondary N) is 2. The fourth-order valence-corrected chi connectivity index (χ4v) is 4.97. The van der Waals surface area contributed by atoms with E-state index in [1.165, 1.54) is 0 Å². The fourth-order valence-electron chi connectivity index (χ4n) is 4.97. The first kappa shape index (κ1) is 15.9. The molecule has 26 heavy (non-hydrogen) atoms. The van der Waals surface area contributed by atoms with E-state index in [-0.39, 0.29) is 28.5 Å². The van der Waals surface area contributed by atoms with Gasteiger partial charge in [-0.3, -0.25) is 14.5 Å². The highest BCUT2D eigenvalue weighted by molar-refractivity contribution is 5.82. The summed E-state index contributed by atoms with van der Waals surface area (Å²) in [7, 11) is 0. The maximum absolute atomic E-state index is 12.6. The molecule has 0 atom stereocenters. The Bertz CT molecular complexity index is 814. The van der Waals surface area contributed by atoms with Crippen molar-refractivity contribution in [2.45, 2.75) is 24.9 Å². The van der Waals surface area contributed by atoms with Crippen molar-refractivity contribution >= 4 is 11.9 Å². The number of rotatable bonds is 2. The van der Waals surface area contributed by atoms with E-state index >= 15 is 0 Å². The minimum Gasteiger partial charge on any atom is -0.347 e. The molecule has 3 amide bonds.